The fourth-order valence-electron chi connectivity index (χ4n) is 3.82. The highest BCUT2D eigenvalue weighted by Gasteiger charge is 2.40. The van der Waals surface area contributed by atoms with Crippen molar-refractivity contribution >= 4 is 10.9 Å². The highest BCUT2D eigenvalue weighted by molar-refractivity contribution is 5.85. The van der Waals surface area contributed by atoms with E-state index in [4.69, 9.17) is 0 Å². The fourth-order valence-corrected chi connectivity index (χ4v) is 3.82. The van der Waals surface area contributed by atoms with Crippen LogP contribution in [0.4, 0.5) is 13.2 Å². The molecule has 1 aliphatic carbocycles. The molecule has 2 unspecified atom stereocenters. The predicted molar refractivity (Wildman–Crippen MR) is 96.9 cm³/mol. The minimum absolute atomic E-state index is 0.429. The molecule has 1 heterocycles. The maximum Gasteiger partial charge on any atom is 0.416 e. The van der Waals surface area contributed by atoms with Crippen molar-refractivity contribution in [3.05, 3.63) is 71.4 Å². The van der Waals surface area contributed by atoms with Crippen LogP contribution in [0.1, 0.15) is 29.0 Å². The van der Waals surface area contributed by atoms with Gasteiger partial charge in [0, 0.05) is 30.2 Å². The van der Waals surface area contributed by atoms with E-state index in [1.165, 1.54) is 17.7 Å². The van der Waals surface area contributed by atoms with E-state index in [0.29, 0.717) is 17.4 Å². The molecule has 2 atom stereocenters. The Kier molecular flexibility index (Phi) is 4.27. The molecule has 2 aromatic carbocycles. The van der Waals surface area contributed by atoms with Crippen molar-refractivity contribution in [1.82, 2.24) is 9.88 Å². The van der Waals surface area contributed by atoms with E-state index >= 15 is 0 Å². The van der Waals surface area contributed by atoms with Crippen LogP contribution < -0.4 is 0 Å². The number of fused-ring (bicyclic) bond motifs is 1. The van der Waals surface area contributed by atoms with Crippen molar-refractivity contribution in [2.24, 2.45) is 5.92 Å². The SMILES string of the molecule is CN(Cc1ccccc1)CC1CC1c1c[nH]c2cc(C(F)(F)F)ccc12. The first-order valence-corrected chi connectivity index (χ1v) is 8.82. The normalized spacial score (nSPS) is 20.0. The smallest absolute Gasteiger partial charge is 0.361 e. The number of aromatic amines is 1. The van der Waals surface area contributed by atoms with Gasteiger partial charge in [-0.3, -0.25) is 0 Å². The van der Waals surface area contributed by atoms with Gasteiger partial charge in [-0.1, -0.05) is 36.4 Å². The second-order valence-corrected chi connectivity index (χ2v) is 7.29. The molecule has 136 valence electrons. The van der Waals surface area contributed by atoms with Crippen LogP contribution in [0.2, 0.25) is 0 Å². The minimum Gasteiger partial charge on any atom is -0.361 e. The first-order valence-electron chi connectivity index (χ1n) is 8.82. The molecule has 0 spiro atoms. The first kappa shape index (κ1) is 17.2. The average molecular weight is 358 g/mol. The number of nitrogens with zero attached hydrogens (tertiary/aromatic N) is 1. The van der Waals surface area contributed by atoms with Crippen molar-refractivity contribution in [2.75, 3.05) is 13.6 Å². The lowest BCUT2D eigenvalue weighted by molar-refractivity contribution is -0.137. The van der Waals surface area contributed by atoms with Gasteiger partial charge in [-0.25, -0.2) is 0 Å². The second kappa shape index (κ2) is 6.47. The Balaban J connectivity index is 1.43. The van der Waals surface area contributed by atoms with Crippen LogP contribution in [0.15, 0.2) is 54.7 Å². The van der Waals surface area contributed by atoms with Crippen LogP contribution in [0.3, 0.4) is 0 Å². The van der Waals surface area contributed by atoms with E-state index in [0.717, 1.165) is 30.5 Å². The maximum atomic E-state index is 12.9. The summed E-state index contributed by atoms with van der Waals surface area (Å²) in [5, 5.41) is 0.913. The zero-order chi connectivity index (χ0) is 18.3. The van der Waals surface area contributed by atoms with Crippen molar-refractivity contribution in [3.63, 3.8) is 0 Å². The third-order valence-electron chi connectivity index (χ3n) is 5.20. The number of alkyl halides is 3. The largest absolute Gasteiger partial charge is 0.416 e. The summed E-state index contributed by atoms with van der Waals surface area (Å²) in [4.78, 5) is 5.34. The van der Waals surface area contributed by atoms with Gasteiger partial charge in [0.1, 0.15) is 0 Å². The van der Waals surface area contributed by atoms with Gasteiger partial charge < -0.3 is 9.88 Å². The predicted octanol–water partition coefficient (Wildman–Crippen LogP) is 5.42. The van der Waals surface area contributed by atoms with Crippen LogP contribution in [-0.4, -0.2) is 23.5 Å². The van der Waals surface area contributed by atoms with E-state index in [-0.39, 0.29) is 0 Å². The maximum absolute atomic E-state index is 12.9. The summed E-state index contributed by atoms with van der Waals surface area (Å²) in [5.41, 5.74) is 2.40. The molecule has 1 aromatic heterocycles. The van der Waals surface area contributed by atoms with Crippen molar-refractivity contribution in [3.8, 4) is 0 Å². The van der Waals surface area contributed by atoms with Gasteiger partial charge in [-0.05, 0) is 48.6 Å². The quantitative estimate of drug-likeness (QED) is 0.645. The van der Waals surface area contributed by atoms with Crippen LogP contribution in [-0.2, 0) is 12.7 Å². The molecule has 0 radical (unpaired) electrons. The van der Waals surface area contributed by atoms with Crippen LogP contribution >= 0.6 is 0 Å². The molecule has 3 aromatic rings. The number of nitrogens with one attached hydrogen (secondary N) is 1. The number of halogens is 3. The summed E-state index contributed by atoms with van der Waals surface area (Å²) in [5.74, 6) is 0.990. The van der Waals surface area contributed by atoms with Gasteiger partial charge in [-0.15, -0.1) is 0 Å². The molecular weight excluding hydrogens is 337 g/mol. The lowest BCUT2D eigenvalue weighted by Crippen LogP contribution is -2.20. The highest BCUT2D eigenvalue weighted by atomic mass is 19.4. The summed E-state index contributed by atoms with van der Waals surface area (Å²) in [6.07, 6.45) is -1.33. The third kappa shape index (κ3) is 3.49. The zero-order valence-electron chi connectivity index (χ0n) is 14.6. The lowest BCUT2D eigenvalue weighted by Gasteiger charge is -2.16. The average Bonchev–Trinajstić information content (AvgIpc) is 3.21. The van der Waals surface area contributed by atoms with Gasteiger partial charge in [0.15, 0.2) is 0 Å². The molecule has 1 saturated carbocycles. The summed E-state index contributed by atoms with van der Waals surface area (Å²) < 4.78 is 38.6. The van der Waals surface area contributed by atoms with E-state index in [1.807, 2.05) is 24.4 Å². The fraction of sp³-hybridized carbons (Fsp3) is 0.333. The van der Waals surface area contributed by atoms with Crippen LogP contribution in [0, 0.1) is 5.92 Å². The van der Waals surface area contributed by atoms with E-state index < -0.39 is 11.7 Å². The van der Waals surface area contributed by atoms with E-state index in [9.17, 15) is 13.2 Å². The van der Waals surface area contributed by atoms with Crippen molar-refractivity contribution in [1.29, 1.82) is 0 Å². The van der Waals surface area contributed by atoms with Gasteiger partial charge in [0.2, 0.25) is 0 Å². The number of hydrogen-bond acceptors (Lipinski definition) is 1. The van der Waals surface area contributed by atoms with Crippen molar-refractivity contribution in [2.45, 2.75) is 25.1 Å². The molecule has 5 heteroatoms. The molecular formula is C21H21F3N2. The third-order valence-corrected chi connectivity index (χ3v) is 5.20. The Bertz CT molecular complexity index is 899. The Morgan fingerprint density at radius 1 is 1.12 bits per heavy atom. The lowest BCUT2D eigenvalue weighted by atomic mass is 10.1. The standard InChI is InChI=1S/C21H21F3N2/c1-26(12-14-5-3-2-4-6-14)13-15-9-18(15)19-11-25-20-10-16(21(22,23)24)7-8-17(19)20/h2-8,10-11,15,18,25H,9,12-13H2,1H3. The molecule has 4 rings (SSSR count). The van der Waals surface area contributed by atoms with Crippen molar-refractivity contribution < 1.29 is 13.2 Å². The van der Waals surface area contributed by atoms with Gasteiger partial charge in [-0.2, -0.15) is 13.2 Å². The number of rotatable bonds is 5. The summed E-state index contributed by atoms with van der Waals surface area (Å²) in [7, 11) is 2.12. The Labute approximate surface area is 150 Å². The summed E-state index contributed by atoms with van der Waals surface area (Å²) in [6.45, 7) is 1.90. The number of H-pyrrole nitrogens is 1. The molecule has 0 aliphatic heterocycles. The number of benzene rings is 2. The molecule has 0 saturated heterocycles. The molecule has 0 amide bonds. The van der Waals surface area contributed by atoms with Gasteiger partial charge in [0.05, 0.1) is 5.56 Å². The monoisotopic (exact) mass is 358 g/mol. The van der Waals surface area contributed by atoms with Gasteiger partial charge >= 0.3 is 6.18 Å². The molecule has 1 aliphatic rings. The van der Waals surface area contributed by atoms with E-state index in [2.05, 4.69) is 29.1 Å². The van der Waals surface area contributed by atoms with Gasteiger partial charge in [0.25, 0.3) is 0 Å². The number of hydrogen-bond donors (Lipinski definition) is 1. The molecule has 1 N–H and O–H groups in total. The highest BCUT2D eigenvalue weighted by Crippen LogP contribution is 2.50. The summed E-state index contributed by atoms with van der Waals surface area (Å²) in [6, 6.07) is 14.3. The zero-order valence-corrected chi connectivity index (χ0v) is 14.6. The van der Waals surface area contributed by atoms with E-state index in [1.54, 1.807) is 6.07 Å². The minimum atomic E-state index is -4.30. The topological polar surface area (TPSA) is 19.0 Å². The Morgan fingerprint density at radius 2 is 1.88 bits per heavy atom. The molecule has 0 bridgehead atoms. The molecule has 2 nitrogen and oxygen atoms in total. The molecule has 26 heavy (non-hydrogen) atoms. The van der Waals surface area contributed by atoms with Crippen LogP contribution in [0.25, 0.3) is 10.9 Å². The Morgan fingerprint density at radius 3 is 2.62 bits per heavy atom. The first-order chi connectivity index (χ1) is 12.4. The second-order valence-electron chi connectivity index (χ2n) is 7.29. The summed E-state index contributed by atoms with van der Waals surface area (Å²) >= 11 is 0. The number of aromatic nitrogens is 1. The Hall–Kier alpha value is -2.27. The molecule has 1 fully saturated rings. The van der Waals surface area contributed by atoms with Crippen LogP contribution in [0.5, 0.6) is 0 Å².